The van der Waals surface area contributed by atoms with Crippen LogP contribution in [0.2, 0.25) is 0 Å². The summed E-state index contributed by atoms with van der Waals surface area (Å²) in [6.45, 7) is 14.6. The van der Waals surface area contributed by atoms with Crippen LogP contribution in [0.25, 0.3) is 0 Å². The molecule has 4 nitrogen and oxygen atoms in total. The Bertz CT molecular complexity index is 445. The molecule has 0 unspecified atom stereocenters. The number of nitrogens with zero attached hydrogens (tertiary/aromatic N) is 2. The van der Waals surface area contributed by atoms with Crippen molar-refractivity contribution in [3.05, 3.63) is 24.3 Å². The second-order valence-corrected chi connectivity index (χ2v) is 7.52. The molecule has 0 saturated carbocycles. The first-order valence-corrected chi connectivity index (χ1v) is 8.68. The Morgan fingerprint density at radius 1 is 0.870 bits per heavy atom. The van der Waals surface area contributed by atoms with Crippen molar-refractivity contribution in [3.8, 4) is 11.5 Å². The van der Waals surface area contributed by atoms with Gasteiger partial charge in [0, 0.05) is 32.7 Å². The summed E-state index contributed by atoms with van der Waals surface area (Å²) in [5, 5.41) is 0. The van der Waals surface area contributed by atoms with Gasteiger partial charge in [0.1, 0.15) is 18.1 Å². The van der Waals surface area contributed by atoms with E-state index >= 15 is 0 Å². The van der Waals surface area contributed by atoms with E-state index in [1.807, 2.05) is 24.3 Å². The Balaban J connectivity index is 1.61. The van der Waals surface area contributed by atoms with Gasteiger partial charge < -0.3 is 14.4 Å². The van der Waals surface area contributed by atoms with E-state index in [9.17, 15) is 0 Å². The third kappa shape index (κ3) is 6.80. The standard InChI is InChI=1S/C19H32N2O2/c1-19(2,3)9-10-20-11-13-21(14-12-20)15-16-23-18-7-5-17(22-4)6-8-18/h5-8H,9-16H2,1-4H3. The molecule has 2 rings (SSSR count). The number of ether oxygens (including phenoxy) is 2. The highest BCUT2D eigenvalue weighted by molar-refractivity contribution is 5.31. The van der Waals surface area contributed by atoms with Crippen molar-refractivity contribution in [1.82, 2.24) is 9.80 Å². The maximum atomic E-state index is 5.82. The molecule has 23 heavy (non-hydrogen) atoms. The van der Waals surface area contributed by atoms with Crippen LogP contribution in [0, 0.1) is 5.41 Å². The van der Waals surface area contributed by atoms with Gasteiger partial charge in [-0.1, -0.05) is 20.8 Å². The summed E-state index contributed by atoms with van der Waals surface area (Å²) in [7, 11) is 1.68. The number of benzene rings is 1. The van der Waals surface area contributed by atoms with Gasteiger partial charge in [0.25, 0.3) is 0 Å². The van der Waals surface area contributed by atoms with Gasteiger partial charge >= 0.3 is 0 Å². The highest BCUT2D eigenvalue weighted by Crippen LogP contribution is 2.19. The average Bonchev–Trinajstić information content (AvgIpc) is 2.54. The minimum Gasteiger partial charge on any atom is -0.497 e. The van der Waals surface area contributed by atoms with E-state index in [2.05, 4.69) is 30.6 Å². The molecule has 0 spiro atoms. The normalized spacial score (nSPS) is 17.2. The maximum absolute atomic E-state index is 5.82. The zero-order valence-corrected chi connectivity index (χ0v) is 15.2. The fraction of sp³-hybridized carbons (Fsp3) is 0.684. The molecule has 1 aliphatic heterocycles. The van der Waals surface area contributed by atoms with Crippen LogP contribution in [0.1, 0.15) is 27.2 Å². The smallest absolute Gasteiger partial charge is 0.119 e. The molecule has 1 saturated heterocycles. The Morgan fingerprint density at radius 3 is 1.91 bits per heavy atom. The molecule has 0 aliphatic carbocycles. The summed E-state index contributed by atoms with van der Waals surface area (Å²) < 4.78 is 11.0. The van der Waals surface area contributed by atoms with Crippen LogP contribution >= 0.6 is 0 Å². The molecule has 0 radical (unpaired) electrons. The summed E-state index contributed by atoms with van der Waals surface area (Å²) in [6.07, 6.45) is 1.27. The van der Waals surface area contributed by atoms with Crippen molar-refractivity contribution < 1.29 is 9.47 Å². The highest BCUT2D eigenvalue weighted by Gasteiger charge is 2.18. The molecule has 1 aromatic rings. The van der Waals surface area contributed by atoms with Crippen LogP contribution in [0.15, 0.2) is 24.3 Å². The molecule has 4 heteroatoms. The SMILES string of the molecule is COc1ccc(OCCN2CCN(CCC(C)(C)C)CC2)cc1. The van der Waals surface area contributed by atoms with Gasteiger partial charge in [0.2, 0.25) is 0 Å². The third-order valence-corrected chi connectivity index (χ3v) is 4.38. The lowest BCUT2D eigenvalue weighted by Crippen LogP contribution is -2.48. The lowest BCUT2D eigenvalue weighted by Gasteiger charge is -2.35. The first-order chi connectivity index (χ1) is 11.0. The van der Waals surface area contributed by atoms with Crippen LogP contribution in [0.4, 0.5) is 0 Å². The topological polar surface area (TPSA) is 24.9 Å². The zero-order valence-electron chi connectivity index (χ0n) is 15.2. The van der Waals surface area contributed by atoms with Gasteiger partial charge in [-0.3, -0.25) is 4.90 Å². The Hall–Kier alpha value is -1.26. The second-order valence-electron chi connectivity index (χ2n) is 7.52. The number of hydrogen-bond donors (Lipinski definition) is 0. The first kappa shape index (κ1) is 18.1. The van der Waals surface area contributed by atoms with Gasteiger partial charge in [-0.2, -0.15) is 0 Å². The number of hydrogen-bond acceptors (Lipinski definition) is 4. The largest absolute Gasteiger partial charge is 0.497 e. The first-order valence-electron chi connectivity index (χ1n) is 8.68. The zero-order chi connectivity index (χ0) is 16.7. The number of rotatable bonds is 7. The highest BCUT2D eigenvalue weighted by atomic mass is 16.5. The van der Waals surface area contributed by atoms with Crippen LogP contribution in [-0.2, 0) is 0 Å². The molecule has 130 valence electrons. The predicted octanol–water partition coefficient (Wildman–Crippen LogP) is 3.13. The molecule has 1 fully saturated rings. The van der Waals surface area contributed by atoms with E-state index < -0.39 is 0 Å². The van der Waals surface area contributed by atoms with Gasteiger partial charge in [0.15, 0.2) is 0 Å². The van der Waals surface area contributed by atoms with Crippen molar-refractivity contribution in [2.75, 3.05) is 53.0 Å². The predicted molar refractivity (Wildman–Crippen MR) is 95.4 cm³/mol. The minimum atomic E-state index is 0.434. The molecule has 0 amide bonds. The Labute approximate surface area is 141 Å². The van der Waals surface area contributed by atoms with Crippen molar-refractivity contribution in [2.45, 2.75) is 27.2 Å². The summed E-state index contributed by atoms with van der Waals surface area (Å²) in [5.74, 6) is 1.78. The van der Waals surface area contributed by atoms with E-state index in [1.54, 1.807) is 7.11 Å². The van der Waals surface area contributed by atoms with Crippen LogP contribution in [0.3, 0.4) is 0 Å². The van der Waals surface area contributed by atoms with Gasteiger partial charge in [-0.15, -0.1) is 0 Å². The van der Waals surface area contributed by atoms with Gasteiger partial charge in [-0.25, -0.2) is 0 Å². The monoisotopic (exact) mass is 320 g/mol. The average molecular weight is 320 g/mol. The lowest BCUT2D eigenvalue weighted by atomic mass is 9.92. The van der Waals surface area contributed by atoms with E-state index in [1.165, 1.54) is 26.1 Å². The molecule has 1 heterocycles. The molecule has 0 N–H and O–H groups in total. The van der Waals surface area contributed by atoms with Crippen molar-refractivity contribution in [1.29, 1.82) is 0 Å². The third-order valence-electron chi connectivity index (χ3n) is 4.38. The van der Waals surface area contributed by atoms with Crippen LogP contribution < -0.4 is 9.47 Å². The summed E-state index contributed by atoms with van der Waals surface area (Å²) in [5.41, 5.74) is 0.434. The van der Waals surface area contributed by atoms with Crippen molar-refractivity contribution in [2.24, 2.45) is 5.41 Å². The summed E-state index contributed by atoms with van der Waals surface area (Å²) in [4.78, 5) is 5.09. The van der Waals surface area contributed by atoms with Crippen LogP contribution in [-0.4, -0.2) is 62.8 Å². The van der Waals surface area contributed by atoms with Gasteiger partial charge in [0.05, 0.1) is 7.11 Å². The van der Waals surface area contributed by atoms with E-state index in [0.717, 1.165) is 37.7 Å². The molecular weight excluding hydrogens is 288 g/mol. The van der Waals surface area contributed by atoms with Crippen LogP contribution in [0.5, 0.6) is 11.5 Å². The molecular formula is C19H32N2O2. The maximum Gasteiger partial charge on any atom is 0.119 e. The van der Waals surface area contributed by atoms with Crippen molar-refractivity contribution >= 4 is 0 Å². The fourth-order valence-electron chi connectivity index (χ4n) is 2.69. The van der Waals surface area contributed by atoms with E-state index in [0.29, 0.717) is 5.41 Å². The van der Waals surface area contributed by atoms with Crippen molar-refractivity contribution in [3.63, 3.8) is 0 Å². The molecule has 0 atom stereocenters. The number of methoxy groups -OCH3 is 1. The minimum absolute atomic E-state index is 0.434. The van der Waals surface area contributed by atoms with E-state index in [4.69, 9.17) is 9.47 Å². The Morgan fingerprint density at radius 2 is 1.39 bits per heavy atom. The van der Waals surface area contributed by atoms with E-state index in [-0.39, 0.29) is 0 Å². The molecule has 0 bridgehead atoms. The second kappa shape index (κ2) is 8.55. The Kier molecular flexibility index (Phi) is 6.72. The summed E-state index contributed by atoms with van der Waals surface area (Å²) >= 11 is 0. The van der Waals surface area contributed by atoms with Gasteiger partial charge in [-0.05, 0) is 42.6 Å². The lowest BCUT2D eigenvalue weighted by molar-refractivity contribution is 0.108. The number of piperazine rings is 1. The summed E-state index contributed by atoms with van der Waals surface area (Å²) in [6, 6.07) is 7.79. The quantitative estimate of drug-likeness (QED) is 0.770. The molecule has 0 aromatic heterocycles. The molecule has 1 aromatic carbocycles. The fourth-order valence-corrected chi connectivity index (χ4v) is 2.69. The molecule has 1 aliphatic rings.